The molecular weight excluding hydrogens is 476 g/mol. The van der Waals surface area contributed by atoms with Crippen LogP contribution in [0.1, 0.15) is 5.56 Å². The normalized spacial score (nSPS) is 14.8. The number of benzene rings is 1. The maximum Gasteiger partial charge on any atom is 0.248 e. The molecule has 5 heterocycles. The fourth-order valence-corrected chi connectivity index (χ4v) is 4.67. The Morgan fingerprint density at radius 1 is 0.947 bits per heavy atom. The molecular formula is C28H24N10. The smallest absolute Gasteiger partial charge is 0.248 e. The van der Waals surface area contributed by atoms with E-state index in [4.69, 9.17) is 9.97 Å². The second-order valence-corrected chi connectivity index (χ2v) is 9.07. The standard InChI is InChI=1S/C28H24N10/c1-2-7-21(8-3-1)38-18-32-28(36-38)34-24-15-20(9-10-31-24)26-33-23-17-30-16-22(19-5-4-6-19)25(23)27(35-26)37-13-11-29-12-14-37/h1-10,15-18,29H,11-14H2,(H,31,34,36). The van der Waals surface area contributed by atoms with Gasteiger partial charge in [0, 0.05) is 49.7 Å². The van der Waals surface area contributed by atoms with Gasteiger partial charge in [-0.1, -0.05) is 36.4 Å². The van der Waals surface area contributed by atoms with Gasteiger partial charge in [-0.25, -0.2) is 19.6 Å². The summed E-state index contributed by atoms with van der Waals surface area (Å²) >= 11 is 0. The van der Waals surface area contributed by atoms with E-state index in [1.165, 1.54) is 0 Å². The van der Waals surface area contributed by atoms with Crippen LogP contribution in [0.4, 0.5) is 17.6 Å². The van der Waals surface area contributed by atoms with Gasteiger partial charge in [0.05, 0.1) is 22.8 Å². The van der Waals surface area contributed by atoms with Gasteiger partial charge in [0.2, 0.25) is 5.95 Å². The summed E-state index contributed by atoms with van der Waals surface area (Å²) in [5.74, 6) is 2.61. The first-order valence-corrected chi connectivity index (χ1v) is 12.5. The molecule has 1 fully saturated rings. The van der Waals surface area contributed by atoms with Crippen molar-refractivity contribution in [3.8, 4) is 17.1 Å². The van der Waals surface area contributed by atoms with Gasteiger partial charge >= 0.3 is 0 Å². The van der Waals surface area contributed by atoms with E-state index in [9.17, 15) is 0 Å². The van der Waals surface area contributed by atoms with E-state index in [1.54, 1.807) is 17.2 Å². The Morgan fingerprint density at radius 2 is 1.82 bits per heavy atom. The third kappa shape index (κ3) is 4.16. The molecule has 2 aliphatic rings. The molecule has 0 amide bonds. The zero-order chi connectivity index (χ0) is 25.3. The van der Waals surface area contributed by atoms with Crippen molar-refractivity contribution in [1.82, 2.24) is 40.0 Å². The van der Waals surface area contributed by atoms with E-state index in [2.05, 4.69) is 47.7 Å². The predicted octanol–water partition coefficient (Wildman–Crippen LogP) is 3.77. The van der Waals surface area contributed by atoms with Gasteiger partial charge in [-0.2, -0.15) is 4.98 Å². The van der Waals surface area contributed by atoms with Gasteiger partial charge in [-0.3, -0.25) is 4.98 Å². The second-order valence-electron chi connectivity index (χ2n) is 9.07. The summed E-state index contributed by atoms with van der Waals surface area (Å²) in [7, 11) is 0. The molecule has 186 valence electrons. The highest BCUT2D eigenvalue weighted by molar-refractivity contribution is 6.02. The van der Waals surface area contributed by atoms with Crippen molar-refractivity contribution >= 4 is 34.1 Å². The number of hydrogen-bond acceptors (Lipinski definition) is 9. The number of rotatable bonds is 6. The van der Waals surface area contributed by atoms with E-state index < -0.39 is 0 Å². The lowest BCUT2D eigenvalue weighted by atomic mass is 9.97. The number of hydrogen-bond donors (Lipinski definition) is 2. The summed E-state index contributed by atoms with van der Waals surface area (Å²) in [4.78, 5) is 25.7. The topological polar surface area (TPSA) is 110 Å². The number of piperazine rings is 1. The molecule has 0 spiro atoms. The molecule has 0 unspecified atom stereocenters. The fourth-order valence-electron chi connectivity index (χ4n) is 4.67. The first-order chi connectivity index (χ1) is 18.8. The highest BCUT2D eigenvalue weighted by Crippen LogP contribution is 2.35. The SMILES string of the molecule is C1=CC(c2cncc3nc(-c4ccnc(Nc5ncn(-c6ccccc6)n5)c4)nc(N4CCNCC4)c23)=C1. The van der Waals surface area contributed by atoms with E-state index in [0.29, 0.717) is 17.6 Å². The molecule has 1 aromatic carbocycles. The fraction of sp³-hybridized carbons (Fsp3) is 0.143. The number of fused-ring (bicyclic) bond motifs is 1. The minimum absolute atomic E-state index is 0.454. The summed E-state index contributed by atoms with van der Waals surface area (Å²) in [6.45, 7) is 3.58. The Balaban J connectivity index is 1.26. The molecule has 4 aromatic heterocycles. The molecule has 38 heavy (non-hydrogen) atoms. The van der Waals surface area contributed by atoms with Crippen molar-refractivity contribution in [1.29, 1.82) is 0 Å². The third-order valence-corrected chi connectivity index (χ3v) is 6.64. The van der Waals surface area contributed by atoms with Crippen LogP contribution in [0.2, 0.25) is 0 Å². The highest BCUT2D eigenvalue weighted by Gasteiger charge is 2.21. The molecule has 10 nitrogen and oxygen atoms in total. The molecule has 1 aliphatic heterocycles. The number of para-hydroxylation sites is 1. The van der Waals surface area contributed by atoms with Crippen LogP contribution in [0.3, 0.4) is 0 Å². The monoisotopic (exact) mass is 500 g/mol. The number of pyridine rings is 2. The van der Waals surface area contributed by atoms with Crippen LogP contribution in [-0.4, -0.2) is 60.9 Å². The maximum absolute atomic E-state index is 5.11. The molecule has 0 atom stereocenters. The van der Waals surface area contributed by atoms with Crippen LogP contribution in [0.15, 0.2) is 85.6 Å². The molecule has 0 radical (unpaired) electrons. The lowest BCUT2D eigenvalue weighted by Gasteiger charge is -2.30. The number of allylic oxidation sites excluding steroid dienone is 4. The van der Waals surface area contributed by atoms with Crippen molar-refractivity contribution in [3.05, 3.63) is 91.2 Å². The number of nitrogens with zero attached hydrogens (tertiary/aromatic N) is 8. The average Bonchev–Trinajstić information content (AvgIpc) is 3.41. The highest BCUT2D eigenvalue weighted by atomic mass is 15.4. The number of anilines is 3. The molecule has 0 bridgehead atoms. The second kappa shape index (κ2) is 9.49. The van der Waals surface area contributed by atoms with E-state index >= 15 is 0 Å². The number of aromatic nitrogens is 7. The first kappa shape index (κ1) is 22.3. The first-order valence-electron chi connectivity index (χ1n) is 12.5. The largest absolute Gasteiger partial charge is 0.353 e. The summed E-state index contributed by atoms with van der Waals surface area (Å²) in [6.07, 6.45) is 13.4. The lowest BCUT2D eigenvalue weighted by Crippen LogP contribution is -2.44. The molecule has 1 aliphatic carbocycles. The molecule has 10 heteroatoms. The van der Waals surface area contributed by atoms with Crippen molar-refractivity contribution in [3.63, 3.8) is 0 Å². The summed E-state index contributed by atoms with van der Waals surface area (Å²) in [5, 5.41) is 12.2. The third-order valence-electron chi connectivity index (χ3n) is 6.64. The molecule has 5 aromatic rings. The molecule has 1 saturated heterocycles. The van der Waals surface area contributed by atoms with Gasteiger partial charge in [0.15, 0.2) is 5.82 Å². The van der Waals surface area contributed by atoms with Gasteiger partial charge in [0.1, 0.15) is 18.0 Å². The minimum atomic E-state index is 0.454. The van der Waals surface area contributed by atoms with Crippen molar-refractivity contribution < 1.29 is 0 Å². The van der Waals surface area contributed by atoms with E-state index in [0.717, 1.165) is 65.3 Å². The average molecular weight is 501 g/mol. The molecule has 2 N–H and O–H groups in total. The van der Waals surface area contributed by atoms with Gasteiger partial charge in [-0.05, 0) is 29.8 Å². The maximum atomic E-state index is 5.11. The van der Waals surface area contributed by atoms with E-state index in [-0.39, 0.29) is 0 Å². The van der Waals surface area contributed by atoms with Gasteiger partial charge in [0.25, 0.3) is 0 Å². The van der Waals surface area contributed by atoms with Gasteiger partial charge in [-0.15, -0.1) is 5.10 Å². The van der Waals surface area contributed by atoms with Crippen LogP contribution in [0.25, 0.3) is 33.6 Å². The Hall–Kier alpha value is -4.96. The van der Waals surface area contributed by atoms with Crippen LogP contribution >= 0.6 is 0 Å². The van der Waals surface area contributed by atoms with Crippen molar-refractivity contribution in [2.24, 2.45) is 0 Å². The number of nitrogens with one attached hydrogen (secondary N) is 2. The Morgan fingerprint density at radius 3 is 2.63 bits per heavy atom. The molecule has 7 rings (SSSR count). The minimum Gasteiger partial charge on any atom is -0.353 e. The summed E-state index contributed by atoms with van der Waals surface area (Å²) < 4.78 is 1.72. The van der Waals surface area contributed by atoms with Crippen LogP contribution in [-0.2, 0) is 0 Å². The molecule has 0 saturated carbocycles. The summed E-state index contributed by atoms with van der Waals surface area (Å²) in [6, 6.07) is 13.7. The Labute approximate surface area is 218 Å². The zero-order valence-electron chi connectivity index (χ0n) is 20.5. The lowest BCUT2D eigenvalue weighted by molar-refractivity contribution is 0.586. The zero-order valence-corrected chi connectivity index (χ0v) is 20.5. The van der Waals surface area contributed by atoms with Crippen LogP contribution in [0, 0.1) is 0 Å². The van der Waals surface area contributed by atoms with Gasteiger partial charge < -0.3 is 15.5 Å². The Bertz CT molecular complexity index is 1680. The van der Waals surface area contributed by atoms with Crippen molar-refractivity contribution in [2.75, 3.05) is 36.4 Å². The Kier molecular flexibility index (Phi) is 5.56. The van der Waals surface area contributed by atoms with Crippen LogP contribution in [0.5, 0.6) is 0 Å². The predicted molar refractivity (Wildman–Crippen MR) is 147 cm³/mol. The van der Waals surface area contributed by atoms with Crippen LogP contribution < -0.4 is 15.5 Å². The van der Waals surface area contributed by atoms with E-state index in [1.807, 2.05) is 60.9 Å². The quantitative estimate of drug-likeness (QED) is 0.360. The summed E-state index contributed by atoms with van der Waals surface area (Å²) in [5.41, 5.74) is 4.80. The van der Waals surface area contributed by atoms with Crippen molar-refractivity contribution in [2.45, 2.75) is 0 Å².